The van der Waals surface area contributed by atoms with Gasteiger partial charge in [0.15, 0.2) is 0 Å². The van der Waals surface area contributed by atoms with Crippen molar-refractivity contribution in [3.8, 4) is 0 Å². The zero-order chi connectivity index (χ0) is 13.9. The molecule has 100 valence electrons. The van der Waals surface area contributed by atoms with Gasteiger partial charge < -0.3 is 10.0 Å². The fourth-order valence-corrected chi connectivity index (χ4v) is 1.48. The summed E-state index contributed by atoms with van der Waals surface area (Å²) in [5, 5.41) is 8.62. The van der Waals surface area contributed by atoms with E-state index < -0.39 is 24.5 Å². The van der Waals surface area contributed by atoms with Crippen LogP contribution in [0.15, 0.2) is 18.2 Å². The minimum atomic E-state index is -4.45. The Morgan fingerprint density at radius 1 is 1.39 bits per heavy atom. The zero-order valence-electron chi connectivity index (χ0n) is 9.46. The van der Waals surface area contributed by atoms with Crippen LogP contribution in [0.5, 0.6) is 0 Å². The van der Waals surface area contributed by atoms with Crippen molar-refractivity contribution in [3.63, 3.8) is 0 Å². The molecule has 0 aliphatic heterocycles. The Labute approximate surface area is 101 Å². The number of halogens is 4. The summed E-state index contributed by atoms with van der Waals surface area (Å²) in [6.07, 6.45) is -4.45. The van der Waals surface area contributed by atoms with Crippen LogP contribution in [0.4, 0.5) is 23.2 Å². The first-order valence-corrected chi connectivity index (χ1v) is 5.09. The van der Waals surface area contributed by atoms with E-state index in [4.69, 9.17) is 5.11 Å². The van der Waals surface area contributed by atoms with Gasteiger partial charge in [-0.25, -0.2) is 9.18 Å². The van der Waals surface area contributed by atoms with Crippen molar-refractivity contribution in [1.29, 1.82) is 0 Å². The normalized spacial score (nSPS) is 11.4. The van der Waals surface area contributed by atoms with E-state index in [0.29, 0.717) is 6.07 Å². The molecule has 0 saturated heterocycles. The zero-order valence-corrected chi connectivity index (χ0v) is 9.46. The van der Waals surface area contributed by atoms with Crippen molar-refractivity contribution in [2.24, 2.45) is 0 Å². The lowest BCUT2D eigenvalue weighted by Crippen LogP contribution is -2.34. The van der Waals surface area contributed by atoms with Gasteiger partial charge >= 0.3 is 12.1 Å². The van der Waals surface area contributed by atoms with E-state index in [1.54, 1.807) is 0 Å². The smallest absolute Gasteiger partial charge is 0.405 e. The van der Waals surface area contributed by atoms with Gasteiger partial charge in [-0.1, -0.05) is 0 Å². The molecule has 0 spiro atoms. The largest absolute Gasteiger partial charge is 0.478 e. The molecular weight excluding hydrogens is 254 g/mol. The standard InChI is InChI=1S/C11H11F4NO2/c1-2-16(6-11(13,14)15)9-4-3-7(10(17)18)5-8(9)12/h3-5H,2,6H2,1H3,(H,17,18). The lowest BCUT2D eigenvalue weighted by Gasteiger charge is -2.24. The SMILES string of the molecule is CCN(CC(F)(F)F)c1ccc(C(=O)O)cc1F. The number of anilines is 1. The second kappa shape index (κ2) is 5.24. The number of carboxylic acid groups (broad SMARTS) is 1. The van der Waals surface area contributed by atoms with Crippen LogP contribution in [0.25, 0.3) is 0 Å². The van der Waals surface area contributed by atoms with Crippen LogP contribution in [-0.4, -0.2) is 30.3 Å². The third-order valence-electron chi connectivity index (χ3n) is 2.29. The van der Waals surface area contributed by atoms with Gasteiger partial charge in [-0.15, -0.1) is 0 Å². The van der Waals surface area contributed by atoms with Crippen molar-refractivity contribution < 1.29 is 27.5 Å². The molecule has 0 atom stereocenters. The van der Waals surface area contributed by atoms with Crippen molar-refractivity contribution in [2.75, 3.05) is 18.0 Å². The Morgan fingerprint density at radius 2 is 2.00 bits per heavy atom. The number of carbonyl (C=O) groups is 1. The second-order valence-electron chi connectivity index (χ2n) is 3.60. The first-order valence-electron chi connectivity index (χ1n) is 5.09. The van der Waals surface area contributed by atoms with E-state index in [1.165, 1.54) is 6.92 Å². The minimum Gasteiger partial charge on any atom is -0.478 e. The van der Waals surface area contributed by atoms with E-state index in [1.807, 2.05) is 0 Å². The van der Waals surface area contributed by atoms with Crippen LogP contribution in [0, 0.1) is 5.82 Å². The van der Waals surface area contributed by atoms with Crippen LogP contribution in [-0.2, 0) is 0 Å². The molecule has 0 aliphatic carbocycles. The number of carboxylic acids is 1. The molecule has 1 aromatic rings. The highest BCUT2D eigenvalue weighted by atomic mass is 19.4. The molecule has 18 heavy (non-hydrogen) atoms. The lowest BCUT2D eigenvalue weighted by atomic mass is 10.2. The monoisotopic (exact) mass is 265 g/mol. The Balaban J connectivity index is 3.04. The predicted octanol–water partition coefficient (Wildman–Crippen LogP) is 2.91. The van der Waals surface area contributed by atoms with Gasteiger partial charge in [0.25, 0.3) is 0 Å². The number of aromatic carboxylic acids is 1. The number of hydrogen-bond acceptors (Lipinski definition) is 2. The molecule has 0 heterocycles. The van der Waals surface area contributed by atoms with Gasteiger partial charge in [-0.05, 0) is 25.1 Å². The molecule has 0 unspecified atom stereocenters. The van der Waals surface area contributed by atoms with Gasteiger partial charge in [0.1, 0.15) is 12.4 Å². The summed E-state index contributed by atoms with van der Waals surface area (Å²) in [5.74, 6) is -2.32. The van der Waals surface area contributed by atoms with Gasteiger partial charge in [0, 0.05) is 6.54 Å². The summed E-state index contributed by atoms with van der Waals surface area (Å²) in [7, 11) is 0. The van der Waals surface area contributed by atoms with Crippen LogP contribution in [0.3, 0.4) is 0 Å². The number of rotatable bonds is 4. The average Bonchev–Trinajstić information content (AvgIpc) is 2.24. The van der Waals surface area contributed by atoms with Crippen molar-refractivity contribution >= 4 is 11.7 Å². The minimum absolute atomic E-state index is 0.0388. The van der Waals surface area contributed by atoms with Crippen molar-refractivity contribution in [2.45, 2.75) is 13.1 Å². The molecule has 0 amide bonds. The van der Waals surface area contributed by atoms with Crippen molar-refractivity contribution in [1.82, 2.24) is 0 Å². The fourth-order valence-electron chi connectivity index (χ4n) is 1.48. The maximum atomic E-state index is 13.6. The third-order valence-corrected chi connectivity index (χ3v) is 2.29. The van der Waals surface area contributed by atoms with Crippen LogP contribution in [0.1, 0.15) is 17.3 Å². The molecule has 3 nitrogen and oxygen atoms in total. The molecule has 0 saturated carbocycles. The molecular formula is C11H11F4NO2. The molecule has 0 radical (unpaired) electrons. The summed E-state index contributed by atoms with van der Waals surface area (Å²) >= 11 is 0. The number of nitrogens with zero attached hydrogens (tertiary/aromatic N) is 1. The highest BCUT2D eigenvalue weighted by molar-refractivity contribution is 5.88. The van der Waals surface area contributed by atoms with Crippen LogP contribution < -0.4 is 4.90 Å². The molecule has 0 aromatic heterocycles. The lowest BCUT2D eigenvalue weighted by molar-refractivity contribution is -0.119. The molecule has 1 N–H and O–H groups in total. The average molecular weight is 265 g/mol. The maximum Gasteiger partial charge on any atom is 0.405 e. The molecule has 1 rings (SSSR count). The van der Waals surface area contributed by atoms with Crippen LogP contribution in [0.2, 0.25) is 0 Å². The fraction of sp³-hybridized carbons (Fsp3) is 0.364. The number of benzene rings is 1. The first kappa shape index (κ1) is 14.3. The maximum absolute atomic E-state index is 13.6. The summed E-state index contributed by atoms with van der Waals surface area (Å²) < 4.78 is 50.3. The predicted molar refractivity (Wildman–Crippen MR) is 57.3 cm³/mol. The van der Waals surface area contributed by atoms with E-state index in [-0.39, 0.29) is 17.8 Å². The Hall–Kier alpha value is -1.79. The summed E-state index contributed by atoms with van der Waals surface area (Å²) in [6, 6.07) is 2.81. The summed E-state index contributed by atoms with van der Waals surface area (Å²) in [4.78, 5) is 11.4. The molecule has 0 bridgehead atoms. The van der Waals surface area contributed by atoms with Gasteiger partial charge in [0.05, 0.1) is 11.3 Å². The summed E-state index contributed by atoms with van der Waals surface area (Å²) in [5.41, 5.74) is -0.570. The van der Waals surface area contributed by atoms with E-state index in [2.05, 4.69) is 0 Å². The van der Waals surface area contributed by atoms with Crippen LogP contribution >= 0.6 is 0 Å². The van der Waals surface area contributed by atoms with Gasteiger partial charge in [-0.3, -0.25) is 0 Å². The van der Waals surface area contributed by atoms with E-state index >= 15 is 0 Å². The topological polar surface area (TPSA) is 40.5 Å². The third kappa shape index (κ3) is 3.61. The number of hydrogen-bond donors (Lipinski definition) is 1. The molecule has 0 aliphatic rings. The Bertz CT molecular complexity index is 445. The number of alkyl halides is 3. The molecule has 7 heteroatoms. The van der Waals surface area contributed by atoms with Gasteiger partial charge in [-0.2, -0.15) is 13.2 Å². The van der Waals surface area contributed by atoms with E-state index in [9.17, 15) is 22.4 Å². The second-order valence-corrected chi connectivity index (χ2v) is 3.60. The highest BCUT2D eigenvalue weighted by Crippen LogP contribution is 2.25. The summed E-state index contributed by atoms with van der Waals surface area (Å²) in [6.45, 7) is 0.131. The highest BCUT2D eigenvalue weighted by Gasteiger charge is 2.31. The Kier molecular flexibility index (Phi) is 4.15. The van der Waals surface area contributed by atoms with E-state index in [0.717, 1.165) is 17.0 Å². The molecule has 1 aromatic carbocycles. The quantitative estimate of drug-likeness (QED) is 0.851. The first-order chi connectivity index (χ1) is 8.24. The molecule has 0 fully saturated rings. The van der Waals surface area contributed by atoms with Gasteiger partial charge in [0.2, 0.25) is 0 Å². The Morgan fingerprint density at radius 3 is 2.39 bits per heavy atom. The van der Waals surface area contributed by atoms with Crippen molar-refractivity contribution in [3.05, 3.63) is 29.6 Å².